The normalized spacial score (nSPS) is 12.7. The zero-order chi connectivity index (χ0) is 13.3. The summed E-state index contributed by atoms with van der Waals surface area (Å²) in [5.41, 5.74) is 6.31. The molecule has 2 N–H and O–H groups in total. The Morgan fingerprint density at radius 3 is 1.82 bits per heavy atom. The van der Waals surface area contributed by atoms with Crippen molar-refractivity contribution in [1.82, 2.24) is 4.90 Å². The highest BCUT2D eigenvalue weighted by Gasteiger charge is 2.32. The molecular formula is C15H34N2. The molecule has 0 heterocycles. The molecule has 0 bridgehead atoms. The van der Waals surface area contributed by atoms with Gasteiger partial charge >= 0.3 is 0 Å². The smallest absolute Gasteiger partial charge is 0.0326 e. The van der Waals surface area contributed by atoms with E-state index in [2.05, 4.69) is 39.5 Å². The van der Waals surface area contributed by atoms with Crippen molar-refractivity contribution >= 4 is 0 Å². The minimum atomic E-state index is 0.235. The molecule has 0 aliphatic carbocycles. The summed E-state index contributed by atoms with van der Waals surface area (Å²) in [7, 11) is 0. The first kappa shape index (κ1) is 16.9. The lowest BCUT2D eigenvalue weighted by molar-refractivity contribution is 0.0655. The molecule has 17 heavy (non-hydrogen) atoms. The SMILES string of the molecule is CCCN(CC(CC)CC)C(CC)(CC)CN. The van der Waals surface area contributed by atoms with Crippen molar-refractivity contribution in [2.45, 2.75) is 72.3 Å². The lowest BCUT2D eigenvalue weighted by atomic mass is 9.88. The fraction of sp³-hybridized carbons (Fsp3) is 1.00. The van der Waals surface area contributed by atoms with E-state index in [9.17, 15) is 0 Å². The van der Waals surface area contributed by atoms with E-state index in [1.54, 1.807) is 0 Å². The van der Waals surface area contributed by atoms with Crippen molar-refractivity contribution in [3.63, 3.8) is 0 Å². The van der Waals surface area contributed by atoms with Crippen LogP contribution in [0.2, 0.25) is 0 Å². The Morgan fingerprint density at radius 2 is 1.53 bits per heavy atom. The number of nitrogens with two attached hydrogens (primary N) is 1. The van der Waals surface area contributed by atoms with Gasteiger partial charge < -0.3 is 5.73 Å². The van der Waals surface area contributed by atoms with Gasteiger partial charge in [-0.1, -0.05) is 47.5 Å². The predicted octanol–water partition coefficient (Wildman–Crippen LogP) is 3.65. The highest BCUT2D eigenvalue weighted by Crippen LogP contribution is 2.25. The molecule has 0 rings (SSSR count). The van der Waals surface area contributed by atoms with Gasteiger partial charge in [-0.3, -0.25) is 4.90 Å². The first-order valence-electron chi connectivity index (χ1n) is 7.59. The van der Waals surface area contributed by atoms with Gasteiger partial charge in [0, 0.05) is 18.6 Å². The van der Waals surface area contributed by atoms with E-state index in [-0.39, 0.29) is 5.54 Å². The van der Waals surface area contributed by atoms with Gasteiger partial charge in [0.25, 0.3) is 0 Å². The molecule has 0 aromatic heterocycles. The molecule has 2 nitrogen and oxygen atoms in total. The van der Waals surface area contributed by atoms with Gasteiger partial charge in [-0.05, 0) is 31.7 Å². The van der Waals surface area contributed by atoms with Crippen molar-refractivity contribution in [3.05, 3.63) is 0 Å². The third-order valence-electron chi connectivity index (χ3n) is 4.49. The van der Waals surface area contributed by atoms with Crippen LogP contribution in [-0.4, -0.2) is 30.1 Å². The molecule has 0 aromatic carbocycles. The highest BCUT2D eigenvalue weighted by molar-refractivity contribution is 4.90. The molecule has 0 fully saturated rings. The van der Waals surface area contributed by atoms with Crippen LogP contribution in [0.25, 0.3) is 0 Å². The van der Waals surface area contributed by atoms with Gasteiger partial charge in [-0.2, -0.15) is 0 Å². The maximum absolute atomic E-state index is 6.08. The lowest BCUT2D eigenvalue weighted by Gasteiger charge is -2.44. The molecule has 0 atom stereocenters. The monoisotopic (exact) mass is 242 g/mol. The number of nitrogens with zero attached hydrogens (tertiary/aromatic N) is 1. The Bertz CT molecular complexity index is 163. The van der Waals surface area contributed by atoms with Crippen molar-refractivity contribution in [1.29, 1.82) is 0 Å². The van der Waals surface area contributed by atoms with E-state index >= 15 is 0 Å². The molecule has 0 aliphatic rings. The van der Waals surface area contributed by atoms with Gasteiger partial charge in [0.05, 0.1) is 0 Å². The molecule has 0 radical (unpaired) electrons. The topological polar surface area (TPSA) is 29.3 Å². The lowest BCUT2D eigenvalue weighted by Crippen LogP contribution is -2.54. The van der Waals surface area contributed by atoms with Crippen molar-refractivity contribution < 1.29 is 0 Å². The minimum absolute atomic E-state index is 0.235. The van der Waals surface area contributed by atoms with Gasteiger partial charge in [-0.25, -0.2) is 0 Å². The standard InChI is InChI=1S/C15H34N2/c1-6-11-17(12-14(7-2)8-3)15(9-4,10-5)13-16/h14H,6-13,16H2,1-5H3. The average Bonchev–Trinajstić information content (AvgIpc) is 2.38. The van der Waals surface area contributed by atoms with Crippen LogP contribution in [0.4, 0.5) is 0 Å². The van der Waals surface area contributed by atoms with Crippen LogP contribution in [0.1, 0.15) is 66.7 Å². The fourth-order valence-corrected chi connectivity index (χ4v) is 2.77. The summed E-state index contributed by atoms with van der Waals surface area (Å²) < 4.78 is 0. The maximum Gasteiger partial charge on any atom is 0.0326 e. The van der Waals surface area contributed by atoms with Crippen molar-refractivity contribution in [2.75, 3.05) is 19.6 Å². The van der Waals surface area contributed by atoms with Crippen LogP contribution < -0.4 is 5.73 Å². The van der Waals surface area contributed by atoms with Crippen LogP contribution in [0.5, 0.6) is 0 Å². The van der Waals surface area contributed by atoms with Crippen LogP contribution in [0, 0.1) is 5.92 Å². The zero-order valence-electron chi connectivity index (χ0n) is 12.8. The van der Waals surface area contributed by atoms with Gasteiger partial charge in [-0.15, -0.1) is 0 Å². The van der Waals surface area contributed by atoms with E-state index < -0.39 is 0 Å². The third-order valence-corrected chi connectivity index (χ3v) is 4.49. The summed E-state index contributed by atoms with van der Waals surface area (Å²) in [6.45, 7) is 14.7. The molecule has 0 aromatic rings. The second-order valence-electron chi connectivity index (χ2n) is 5.26. The Morgan fingerprint density at radius 1 is 1.00 bits per heavy atom. The molecule has 0 spiro atoms. The minimum Gasteiger partial charge on any atom is -0.329 e. The van der Waals surface area contributed by atoms with E-state index in [4.69, 9.17) is 5.73 Å². The zero-order valence-corrected chi connectivity index (χ0v) is 12.8. The van der Waals surface area contributed by atoms with Crippen LogP contribution >= 0.6 is 0 Å². The molecule has 0 aliphatic heterocycles. The first-order chi connectivity index (χ1) is 8.13. The van der Waals surface area contributed by atoms with Gasteiger partial charge in [0.1, 0.15) is 0 Å². The largest absolute Gasteiger partial charge is 0.329 e. The Balaban J connectivity index is 4.78. The average molecular weight is 242 g/mol. The van der Waals surface area contributed by atoms with Gasteiger partial charge in [0.2, 0.25) is 0 Å². The Hall–Kier alpha value is -0.0800. The molecule has 0 unspecified atom stereocenters. The quantitative estimate of drug-likeness (QED) is 0.633. The van der Waals surface area contributed by atoms with E-state index in [1.165, 1.54) is 45.2 Å². The summed E-state index contributed by atoms with van der Waals surface area (Å²) in [5, 5.41) is 0. The Kier molecular flexibility index (Phi) is 8.89. The predicted molar refractivity (Wildman–Crippen MR) is 78.3 cm³/mol. The summed E-state index contributed by atoms with van der Waals surface area (Å²) in [5.74, 6) is 0.825. The van der Waals surface area contributed by atoms with E-state index in [0.29, 0.717) is 0 Å². The van der Waals surface area contributed by atoms with Crippen LogP contribution in [-0.2, 0) is 0 Å². The molecule has 2 heteroatoms. The molecule has 104 valence electrons. The summed E-state index contributed by atoms with van der Waals surface area (Å²) >= 11 is 0. The van der Waals surface area contributed by atoms with E-state index in [0.717, 1.165) is 12.5 Å². The van der Waals surface area contributed by atoms with Crippen molar-refractivity contribution in [3.8, 4) is 0 Å². The molecule has 0 amide bonds. The third kappa shape index (κ3) is 4.59. The first-order valence-corrected chi connectivity index (χ1v) is 7.59. The number of rotatable bonds is 10. The second-order valence-corrected chi connectivity index (χ2v) is 5.26. The number of hydrogen-bond donors (Lipinski definition) is 1. The second kappa shape index (κ2) is 8.93. The summed E-state index contributed by atoms with van der Waals surface area (Å²) in [4.78, 5) is 2.67. The summed E-state index contributed by atoms with van der Waals surface area (Å²) in [6.07, 6.45) is 6.12. The van der Waals surface area contributed by atoms with Crippen molar-refractivity contribution in [2.24, 2.45) is 11.7 Å². The fourth-order valence-electron chi connectivity index (χ4n) is 2.77. The van der Waals surface area contributed by atoms with Crippen LogP contribution in [0.15, 0.2) is 0 Å². The van der Waals surface area contributed by atoms with Gasteiger partial charge in [0.15, 0.2) is 0 Å². The molecule has 0 saturated heterocycles. The van der Waals surface area contributed by atoms with E-state index in [1.807, 2.05) is 0 Å². The highest BCUT2D eigenvalue weighted by atomic mass is 15.2. The summed E-state index contributed by atoms with van der Waals surface area (Å²) in [6, 6.07) is 0. The van der Waals surface area contributed by atoms with Crippen LogP contribution in [0.3, 0.4) is 0 Å². The Labute approximate surface area is 109 Å². The molecule has 0 saturated carbocycles. The maximum atomic E-state index is 6.08. The molecular weight excluding hydrogens is 208 g/mol. The number of hydrogen-bond acceptors (Lipinski definition) is 2.